The lowest BCUT2D eigenvalue weighted by atomic mass is 9.95. The molecule has 1 unspecified atom stereocenters. The van der Waals surface area contributed by atoms with Gasteiger partial charge in [-0.15, -0.1) is 24.0 Å². The molecule has 1 aromatic rings. The van der Waals surface area contributed by atoms with Gasteiger partial charge in [-0.1, -0.05) is 31.0 Å². The number of nitrogens with one attached hydrogen (secondary N) is 1. The van der Waals surface area contributed by atoms with Crippen molar-refractivity contribution >= 4 is 41.7 Å². The molecule has 0 bridgehead atoms. The maximum Gasteiger partial charge on any atom is 0.189 e. The second-order valence-electron chi connectivity index (χ2n) is 7.60. The summed E-state index contributed by atoms with van der Waals surface area (Å²) in [6.45, 7) is 3.93. The van der Waals surface area contributed by atoms with Crippen molar-refractivity contribution in [3.63, 3.8) is 0 Å². The summed E-state index contributed by atoms with van der Waals surface area (Å²) in [5.74, 6) is 4.03. The van der Waals surface area contributed by atoms with Crippen LogP contribution in [-0.4, -0.2) is 54.1 Å². The van der Waals surface area contributed by atoms with E-state index in [-0.39, 0.29) is 35.6 Å². The Morgan fingerprint density at radius 1 is 1.26 bits per heavy atom. The van der Waals surface area contributed by atoms with E-state index in [0.717, 1.165) is 25.3 Å². The summed E-state index contributed by atoms with van der Waals surface area (Å²) in [6.07, 6.45) is 6.07. The smallest absolute Gasteiger partial charge is 0.189 e. The summed E-state index contributed by atoms with van der Waals surface area (Å²) >= 11 is 2.07. The second kappa shape index (κ2) is 9.69. The molecule has 1 aromatic carbocycles. The van der Waals surface area contributed by atoms with Gasteiger partial charge in [0.15, 0.2) is 5.96 Å². The molecule has 1 saturated carbocycles. The summed E-state index contributed by atoms with van der Waals surface area (Å²) in [6, 6.07) is 8.40. The van der Waals surface area contributed by atoms with Gasteiger partial charge >= 0.3 is 0 Å². The van der Waals surface area contributed by atoms with Gasteiger partial charge in [-0.25, -0.2) is 0 Å². The fourth-order valence-electron chi connectivity index (χ4n) is 4.59. The highest BCUT2D eigenvalue weighted by Gasteiger charge is 2.39. The number of thioether (sulfide) groups is 1. The van der Waals surface area contributed by atoms with E-state index in [0.29, 0.717) is 5.96 Å². The molecule has 1 atom stereocenters. The van der Waals surface area contributed by atoms with Gasteiger partial charge in [-0.2, -0.15) is 11.8 Å². The van der Waals surface area contributed by atoms with Crippen LogP contribution in [0.3, 0.4) is 0 Å². The number of rotatable bonds is 4. The fraction of sp³-hybridized carbons (Fsp3) is 0.650. The van der Waals surface area contributed by atoms with Crippen LogP contribution in [0.1, 0.15) is 43.7 Å². The van der Waals surface area contributed by atoms with Crippen molar-refractivity contribution in [2.45, 2.75) is 43.7 Å². The Morgan fingerprint density at radius 2 is 2.00 bits per heavy atom. The molecule has 150 valence electrons. The van der Waals surface area contributed by atoms with E-state index >= 15 is 0 Å². The van der Waals surface area contributed by atoms with E-state index in [1.807, 2.05) is 12.1 Å². The van der Waals surface area contributed by atoms with E-state index in [1.54, 1.807) is 0 Å². The predicted molar refractivity (Wildman–Crippen MR) is 124 cm³/mol. The maximum atomic E-state index is 6.30. The molecule has 0 aromatic heterocycles. The Labute approximate surface area is 183 Å². The highest BCUT2D eigenvalue weighted by atomic mass is 127. The maximum absolute atomic E-state index is 6.30. The van der Waals surface area contributed by atoms with Gasteiger partial charge in [0, 0.05) is 42.1 Å². The normalized spacial score (nSPS) is 25.2. The molecule has 1 aliphatic carbocycles. The zero-order valence-electron chi connectivity index (χ0n) is 15.9. The van der Waals surface area contributed by atoms with Crippen molar-refractivity contribution in [1.82, 2.24) is 10.2 Å². The third-order valence-corrected chi connectivity index (χ3v) is 6.98. The molecule has 2 heterocycles. The average molecular weight is 502 g/mol. The van der Waals surface area contributed by atoms with Crippen LogP contribution < -0.4 is 15.8 Å². The van der Waals surface area contributed by atoms with Gasteiger partial charge in [-0.3, -0.25) is 9.89 Å². The van der Waals surface area contributed by atoms with E-state index in [9.17, 15) is 0 Å². The number of hydrogen-bond donors (Lipinski definition) is 2. The predicted octanol–water partition coefficient (Wildman–Crippen LogP) is 3.39. The Morgan fingerprint density at radius 3 is 2.78 bits per heavy atom. The lowest BCUT2D eigenvalue weighted by molar-refractivity contribution is 0.112. The summed E-state index contributed by atoms with van der Waals surface area (Å²) < 4.78 is 5.74. The molecule has 0 spiro atoms. The number of aliphatic imine (C=N–C) groups is 1. The van der Waals surface area contributed by atoms with E-state index in [1.165, 1.54) is 55.8 Å². The SMILES string of the molecule is I.NC(=NCC1(N2CCSCC2)CCCC1)NC1CCOc2ccccc21. The molecule has 2 aliphatic heterocycles. The molecule has 4 rings (SSSR count). The largest absolute Gasteiger partial charge is 0.493 e. The van der Waals surface area contributed by atoms with Gasteiger partial charge < -0.3 is 15.8 Å². The van der Waals surface area contributed by atoms with Crippen molar-refractivity contribution in [2.75, 3.05) is 37.7 Å². The van der Waals surface area contributed by atoms with Crippen LogP contribution in [0.25, 0.3) is 0 Å². The molecular weight excluding hydrogens is 471 g/mol. The summed E-state index contributed by atoms with van der Waals surface area (Å²) in [5.41, 5.74) is 7.72. The highest BCUT2D eigenvalue weighted by Crippen LogP contribution is 2.37. The number of fused-ring (bicyclic) bond motifs is 1. The van der Waals surface area contributed by atoms with Crippen LogP contribution >= 0.6 is 35.7 Å². The number of nitrogens with zero attached hydrogens (tertiary/aromatic N) is 2. The monoisotopic (exact) mass is 502 g/mol. The number of ether oxygens (including phenoxy) is 1. The first-order valence-electron chi connectivity index (χ1n) is 9.88. The Balaban J connectivity index is 0.00000210. The van der Waals surface area contributed by atoms with Gasteiger partial charge in [0.1, 0.15) is 5.75 Å². The van der Waals surface area contributed by atoms with E-state index < -0.39 is 0 Å². The number of hydrogen-bond acceptors (Lipinski definition) is 4. The lowest BCUT2D eigenvalue weighted by Crippen LogP contribution is -2.53. The number of nitrogens with two attached hydrogens (primary N) is 1. The van der Waals surface area contributed by atoms with Gasteiger partial charge in [-0.05, 0) is 18.9 Å². The second-order valence-corrected chi connectivity index (χ2v) is 8.83. The molecule has 2 fully saturated rings. The van der Waals surface area contributed by atoms with Crippen LogP contribution in [0.4, 0.5) is 0 Å². The third kappa shape index (κ3) is 4.85. The quantitative estimate of drug-likeness (QED) is 0.376. The lowest BCUT2D eigenvalue weighted by Gasteiger charge is -2.42. The number of halogens is 1. The standard InChI is InChI=1S/C20H30N4OS.HI/c21-19(23-17-7-12-25-18-6-2-1-5-16(17)18)22-15-20(8-3-4-9-20)24-10-13-26-14-11-24;/h1-2,5-6,17H,3-4,7-15H2,(H3,21,22,23);1H. The van der Waals surface area contributed by atoms with Crippen molar-refractivity contribution in [1.29, 1.82) is 0 Å². The first-order valence-corrected chi connectivity index (χ1v) is 11.0. The fourth-order valence-corrected chi connectivity index (χ4v) is 5.50. The molecule has 0 amide bonds. The van der Waals surface area contributed by atoms with Crippen LogP contribution in [-0.2, 0) is 0 Å². The van der Waals surface area contributed by atoms with Gasteiger partial charge in [0.2, 0.25) is 0 Å². The molecule has 0 radical (unpaired) electrons. The van der Waals surface area contributed by atoms with Crippen LogP contribution in [0, 0.1) is 0 Å². The van der Waals surface area contributed by atoms with Crippen molar-refractivity contribution in [3.8, 4) is 5.75 Å². The molecule has 1 saturated heterocycles. The van der Waals surface area contributed by atoms with Crippen molar-refractivity contribution < 1.29 is 4.74 Å². The van der Waals surface area contributed by atoms with Crippen LogP contribution in [0.15, 0.2) is 29.3 Å². The van der Waals surface area contributed by atoms with E-state index in [2.05, 4.69) is 34.1 Å². The number of guanidine groups is 1. The Hall–Kier alpha value is -0.670. The minimum Gasteiger partial charge on any atom is -0.493 e. The van der Waals surface area contributed by atoms with E-state index in [4.69, 9.17) is 15.5 Å². The number of para-hydroxylation sites is 1. The van der Waals surface area contributed by atoms with Gasteiger partial charge in [0.25, 0.3) is 0 Å². The summed E-state index contributed by atoms with van der Waals surface area (Å²) in [5, 5.41) is 3.44. The number of benzene rings is 1. The molecule has 27 heavy (non-hydrogen) atoms. The topological polar surface area (TPSA) is 62.9 Å². The average Bonchev–Trinajstić information content (AvgIpc) is 3.18. The first kappa shape index (κ1) is 21.0. The van der Waals surface area contributed by atoms with Gasteiger partial charge in [0.05, 0.1) is 19.2 Å². The molecule has 7 heteroatoms. The minimum absolute atomic E-state index is 0. The Kier molecular flexibility index (Phi) is 7.56. The third-order valence-electron chi connectivity index (χ3n) is 6.04. The molecule has 3 N–H and O–H groups in total. The zero-order valence-corrected chi connectivity index (χ0v) is 19.0. The van der Waals surface area contributed by atoms with Crippen LogP contribution in [0.5, 0.6) is 5.75 Å². The molecule has 3 aliphatic rings. The summed E-state index contributed by atoms with van der Waals surface area (Å²) in [4.78, 5) is 7.51. The molecule has 5 nitrogen and oxygen atoms in total. The van der Waals surface area contributed by atoms with Crippen molar-refractivity contribution in [2.24, 2.45) is 10.7 Å². The highest BCUT2D eigenvalue weighted by molar-refractivity contribution is 14.0. The first-order chi connectivity index (χ1) is 12.8. The minimum atomic E-state index is 0. The summed E-state index contributed by atoms with van der Waals surface area (Å²) in [7, 11) is 0. The Bertz CT molecular complexity index is 645. The van der Waals surface area contributed by atoms with Crippen LogP contribution in [0.2, 0.25) is 0 Å². The van der Waals surface area contributed by atoms with Crippen molar-refractivity contribution in [3.05, 3.63) is 29.8 Å². The zero-order chi connectivity index (χ0) is 17.8. The molecular formula is C20H31IN4OS.